The SMILES string of the molecule is COC(=O)C1CNCCCN1C(=O)OC(C)(C)C.Cl. The Hall–Kier alpha value is -1.01. The molecule has 112 valence electrons. The molecule has 0 spiro atoms. The highest BCUT2D eigenvalue weighted by Crippen LogP contribution is 2.14. The number of carbonyl (C=O) groups is 2. The Balaban J connectivity index is 0.00000324. The van der Waals surface area contributed by atoms with E-state index in [0.717, 1.165) is 13.0 Å². The number of ether oxygens (including phenoxy) is 2. The van der Waals surface area contributed by atoms with Gasteiger partial charge in [0, 0.05) is 13.1 Å². The van der Waals surface area contributed by atoms with Gasteiger partial charge in [-0.15, -0.1) is 12.4 Å². The van der Waals surface area contributed by atoms with E-state index in [0.29, 0.717) is 13.1 Å². The van der Waals surface area contributed by atoms with Crippen LogP contribution in [0.2, 0.25) is 0 Å². The Morgan fingerprint density at radius 1 is 1.32 bits per heavy atom. The number of methoxy groups -OCH3 is 1. The molecule has 1 unspecified atom stereocenters. The second-order valence-electron chi connectivity index (χ2n) is 5.27. The van der Waals surface area contributed by atoms with Crippen molar-refractivity contribution in [3.05, 3.63) is 0 Å². The van der Waals surface area contributed by atoms with E-state index >= 15 is 0 Å². The Morgan fingerprint density at radius 3 is 2.47 bits per heavy atom. The van der Waals surface area contributed by atoms with Gasteiger partial charge in [0.1, 0.15) is 11.6 Å². The third kappa shape index (κ3) is 5.65. The average Bonchev–Trinajstić information content (AvgIpc) is 2.50. The van der Waals surface area contributed by atoms with Crippen LogP contribution in [0.4, 0.5) is 4.79 Å². The van der Waals surface area contributed by atoms with Crippen molar-refractivity contribution in [3.8, 4) is 0 Å². The molecule has 0 aromatic rings. The lowest BCUT2D eigenvalue weighted by Crippen LogP contribution is -2.50. The van der Waals surface area contributed by atoms with Crippen LogP contribution in [-0.4, -0.2) is 55.3 Å². The van der Waals surface area contributed by atoms with E-state index in [1.54, 1.807) is 20.8 Å². The van der Waals surface area contributed by atoms with Crippen LogP contribution in [0, 0.1) is 0 Å². The smallest absolute Gasteiger partial charge is 0.411 e. The van der Waals surface area contributed by atoms with Crippen LogP contribution >= 0.6 is 12.4 Å². The first kappa shape index (κ1) is 18.0. The third-order valence-corrected chi connectivity index (χ3v) is 2.57. The first-order valence-electron chi connectivity index (χ1n) is 6.13. The van der Waals surface area contributed by atoms with E-state index in [2.05, 4.69) is 5.32 Å². The number of esters is 1. The van der Waals surface area contributed by atoms with Gasteiger partial charge in [-0.2, -0.15) is 0 Å². The van der Waals surface area contributed by atoms with Crippen molar-refractivity contribution in [2.75, 3.05) is 26.7 Å². The van der Waals surface area contributed by atoms with E-state index in [1.165, 1.54) is 12.0 Å². The minimum atomic E-state index is -0.618. The molecule has 0 aromatic heterocycles. The minimum Gasteiger partial charge on any atom is -0.467 e. The molecule has 0 aromatic carbocycles. The van der Waals surface area contributed by atoms with Crippen molar-refractivity contribution in [2.45, 2.75) is 38.8 Å². The second kappa shape index (κ2) is 7.55. The number of amides is 1. The molecule has 19 heavy (non-hydrogen) atoms. The molecule has 0 aliphatic carbocycles. The van der Waals surface area contributed by atoms with Crippen LogP contribution in [0.15, 0.2) is 0 Å². The Labute approximate surface area is 120 Å². The van der Waals surface area contributed by atoms with Gasteiger partial charge < -0.3 is 14.8 Å². The number of nitrogens with zero attached hydrogens (tertiary/aromatic N) is 1. The van der Waals surface area contributed by atoms with Crippen molar-refractivity contribution in [1.82, 2.24) is 10.2 Å². The zero-order valence-electron chi connectivity index (χ0n) is 11.9. The summed E-state index contributed by atoms with van der Waals surface area (Å²) >= 11 is 0. The highest BCUT2D eigenvalue weighted by Gasteiger charge is 2.34. The van der Waals surface area contributed by atoms with Crippen molar-refractivity contribution < 1.29 is 19.1 Å². The molecule has 1 atom stereocenters. The molecule has 1 saturated heterocycles. The summed E-state index contributed by atoms with van der Waals surface area (Å²) in [4.78, 5) is 25.2. The lowest BCUT2D eigenvalue weighted by Gasteiger charge is -2.30. The first-order valence-corrected chi connectivity index (χ1v) is 6.13. The van der Waals surface area contributed by atoms with Crippen LogP contribution in [0.25, 0.3) is 0 Å². The number of nitrogens with one attached hydrogen (secondary N) is 1. The van der Waals surface area contributed by atoms with E-state index in [1.807, 2.05) is 0 Å². The average molecular weight is 295 g/mol. The number of hydrogen-bond acceptors (Lipinski definition) is 5. The molecule has 1 fully saturated rings. The Kier molecular flexibility index (Phi) is 7.15. The van der Waals surface area contributed by atoms with Gasteiger partial charge in [-0.1, -0.05) is 0 Å². The summed E-state index contributed by atoms with van der Waals surface area (Å²) in [6, 6.07) is -0.618. The molecule has 1 aliphatic heterocycles. The summed E-state index contributed by atoms with van der Waals surface area (Å²) in [5, 5.41) is 3.11. The summed E-state index contributed by atoms with van der Waals surface area (Å²) in [5.74, 6) is -0.421. The quantitative estimate of drug-likeness (QED) is 0.736. The number of rotatable bonds is 1. The van der Waals surface area contributed by atoms with Crippen molar-refractivity contribution in [3.63, 3.8) is 0 Å². The Bertz CT molecular complexity index is 317. The molecule has 1 aliphatic rings. The number of hydrogen-bond donors (Lipinski definition) is 1. The van der Waals surface area contributed by atoms with Crippen molar-refractivity contribution in [1.29, 1.82) is 0 Å². The molecule has 1 N–H and O–H groups in total. The fourth-order valence-corrected chi connectivity index (χ4v) is 1.76. The monoisotopic (exact) mass is 294 g/mol. The zero-order chi connectivity index (χ0) is 13.8. The predicted octanol–water partition coefficient (Wildman–Crippen LogP) is 1.18. The van der Waals surface area contributed by atoms with Gasteiger partial charge in [0.2, 0.25) is 0 Å². The molecule has 1 amide bonds. The summed E-state index contributed by atoms with van der Waals surface area (Å²) in [6.45, 7) is 7.05. The van der Waals surface area contributed by atoms with Gasteiger partial charge in [0.25, 0.3) is 0 Å². The maximum atomic E-state index is 12.1. The van der Waals surface area contributed by atoms with Gasteiger partial charge in [-0.05, 0) is 33.7 Å². The maximum absolute atomic E-state index is 12.1. The number of halogens is 1. The lowest BCUT2D eigenvalue weighted by atomic mass is 10.2. The minimum absolute atomic E-state index is 0. The molecule has 0 saturated carbocycles. The molecule has 7 heteroatoms. The third-order valence-electron chi connectivity index (χ3n) is 2.57. The molecule has 0 bridgehead atoms. The van der Waals surface area contributed by atoms with Crippen LogP contribution < -0.4 is 5.32 Å². The van der Waals surface area contributed by atoms with Gasteiger partial charge >= 0.3 is 12.1 Å². The van der Waals surface area contributed by atoms with Gasteiger partial charge in [-0.3, -0.25) is 4.90 Å². The van der Waals surface area contributed by atoms with E-state index < -0.39 is 23.7 Å². The molecule has 1 heterocycles. The second-order valence-corrected chi connectivity index (χ2v) is 5.27. The predicted molar refractivity (Wildman–Crippen MR) is 73.5 cm³/mol. The number of carbonyl (C=O) groups excluding carboxylic acids is 2. The summed E-state index contributed by atoms with van der Waals surface area (Å²) < 4.78 is 10.0. The molecular formula is C12H23ClN2O4. The fraction of sp³-hybridized carbons (Fsp3) is 0.833. The molecule has 0 radical (unpaired) electrons. The Morgan fingerprint density at radius 2 is 1.95 bits per heavy atom. The van der Waals surface area contributed by atoms with Gasteiger partial charge in [0.15, 0.2) is 0 Å². The fourth-order valence-electron chi connectivity index (χ4n) is 1.76. The summed E-state index contributed by atoms with van der Waals surface area (Å²) in [6.07, 6.45) is 0.314. The van der Waals surface area contributed by atoms with Crippen LogP contribution in [0.1, 0.15) is 27.2 Å². The topological polar surface area (TPSA) is 67.9 Å². The maximum Gasteiger partial charge on any atom is 0.411 e. The van der Waals surface area contributed by atoms with Crippen molar-refractivity contribution in [2.24, 2.45) is 0 Å². The molecule has 1 rings (SSSR count). The van der Waals surface area contributed by atoms with Crippen LogP contribution in [-0.2, 0) is 14.3 Å². The van der Waals surface area contributed by atoms with Crippen LogP contribution in [0.5, 0.6) is 0 Å². The highest BCUT2D eigenvalue weighted by atomic mass is 35.5. The lowest BCUT2D eigenvalue weighted by molar-refractivity contribution is -0.146. The van der Waals surface area contributed by atoms with Gasteiger partial charge in [0.05, 0.1) is 7.11 Å². The van der Waals surface area contributed by atoms with E-state index in [-0.39, 0.29) is 12.4 Å². The van der Waals surface area contributed by atoms with Gasteiger partial charge in [-0.25, -0.2) is 9.59 Å². The summed E-state index contributed by atoms with van der Waals surface area (Å²) in [5.41, 5.74) is -0.572. The standard InChI is InChI=1S/C12H22N2O4.ClH/c1-12(2,3)18-11(16)14-7-5-6-13-8-9(14)10(15)17-4;/h9,13H,5-8H2,1-4H3;1H. The normalized spacial score (nSPS) is 20.0. The van der Waals surface area contributed by atoms with E-state index in [4.69, 9.17) is 9.47 Å². The highest BCUT2D eigenvalue weighted by molar-refractivity contribution is 5.85. The van der Waals surface area contributed by atoms with Crippen LogP contribution in [0.3, 0.4) is 0 Å². The largest absolute Gasteiger partial charge is 0.467 e. The molecule has 6 nitrogen and oxygen atoms in total. The molecular weight excluding hydrogens is 272 g/mol. The van der Waals surface area contributed by atoms with Crippen molar-refractivity contribution >= 4 is 24.5 Å². The zero-order valence-corrected chi connectivity index (χ0v) is 12.7. The van der Waals surface area contributed by atoms with E-state index in [9.17, 15) is 9.59 Å². The summed E-state index contributed by atoms with van der Waals surface area (Å²) in [7, 11) is 1.32. The first-order chi connectivity index (χ1) is 8.35.